The molecule has 0 saturated carbocycles. The van der Waals surface area contributed by atoms with Gasteiger partial charge in [0, 0.05) is 33.7 Å². The number of benzene rings is 5. The molecule has 0 aliphatic carbocycles. The molecule has 0 amide bonds. The average Bonchev–Trinajstić information content (AvgIpc) is 3.43. The topological polar surface area (TPSA) is 57.4 Å². The van der Waals surface area contributed by atoms with Crippen LogP contribution in [0.2, 0.25) is 0 Å². The van der Waals surface area contributed by atoms with Gasteiger partial charge in [-0.05, 0) is 42.5 Å². The molecule has 7 rings (SSSR count). The van der Waals surface area contributed by atoms with Crippen molar-refractivity contribution in [3.8, 4) is 23.5 Å². The molecule has 7 aromatic rings. The number of hydrogen-bond acceptors (Lipinski definition) is 2. The van der Waals surface area contributed by atoms with Crippen molar-refractivity contribution in [2.45, 2.75) is 0 Å². The summed E-state index contributed by atoms with van der Waals surface area (Å²) in [5, 5.41) is 22.7. The van der Waals surface area contributed by atoms with E-state index in [1.54, 1.807) is 24.3 Å². The van der Waals surface area contributed by atoms with Gasteiger partial charge in [0.2, 0.25) is 0 Å². The number of rotatable bonds is 2. The zero-order chi connectivity index (χ0) is 26.8. The predicted molar refractivity (Wildman–Crippen MR) is 144 cm³/mol. The molecule has 0 bridgehead atoms. The fraction of sp³-hybridized carbons (Fsp3) is 0. The lowest BCUT2D eigenvalue weighted by molar-refractivity contribution is 0.537. The third-order valence-electron chi connectivity index (χ3n) is 7.16. The second-order valence-electron chi connectivity index (χ2n) is 9.27. The lowest BCUT2D eigenvalue weighted by Gasteiger charge is -2.12. The van der Waals surface area contributed by atoms with Gasteiger partial charge in [0.15, 0.2) is 11.6 Å². The van der Waals surface area contributed by atoms with Gasteiger partial charge in [0.1, 0.15) is 17.6 Å². The first-order chi connectivity index (χ1) is 19.0. The van der Waals surface area contributed by atoms with Gasteiger partial charge >= 0.3 is 0 Å². The Morgan fingerprint density at radius 2 is 1.13 bits per heavy atom. The number of aromatic nitrogens is 2. The fourth-order valence-corrected chi connectivity index (χ4v) is 5.57. The zero-order valence-electron chi connectivity index (χ0n) is 20.1. The standard InChI is InChI=1S/C32H15F3N4/c33-20-12-25(34)32(26(35)13-20)39-29-8-4-2-6-22(29)24-14-23-21-5-1-3-7-28(21)38(30(23)15-31(24)39)27-10-9-18(16-36)11-19(27)17-37/h1-15H. The van der Waals surface area contributed by atoms with Crippen molar-refractivity contribution in [1.29, 1.82) is 10.5 Å². The summed E-state index contributed by atoms with van der Waals surface area (Å²) in [6.45, 7) is 0. The van der Waals surface area contributed by atoms with Crippen LogP contribution < -0.4 is 0 Å². The van der Waals surface area contributed by atoms with E-state index in [1.165, 1.54) is 10.6 Å². The van der Waals surface area contributed by atoms with Crippen LogP contribution in [0.3, 0.4) is 0 Å². The fourth-order valence-electron chi connectivity index (χ4n) is 5.57. The van der Waals surface area contributed by atoms with Crippen molar-refractivity contribution in [1.82, 2.24) is 9.13 Å². The van der Waals surface area contributed by atoms with E-state index in [4.69, 9.17) is 0 Å². The van der Waals surface area contributed by atoms with Crippen LogP contribution in [0.5, 0.6) is 0 Å². The molecular weight excluding hydrogens is 497 g/mol. The first-order valence-electron chi connectivity index (χ1n) is 12.1. The minimum Gasteiger partial charge on any atom is -0.308 e. The normalized spacial score (nSPS) is 11.4. The largest absolute Gasteiger partial charge is 0.308 e. The van der Waals surface area contributed by atoms with Crippen molar-refractivity contribution >= 4 is 43.6 Å². The van der Waals surface area contributed by atoms with Crippen LogP contribution in [0.15, 0.2) is 91.0 Å². The maximum Gasteiger partial charge on any atom is 0.153 e. The number of nitriles is 2. The first kappa shape index (κ1) is 22.7. The molecule has 0 radical (unpaired) electrons. The quantitative estimate of drug-likeness (QED) is 0.235. The third-order valence-corrected chi connectivity index (χ3v) is 7.16. The molecule has 0 N–H and O–H groups in total. The van der Waals surface area contributed by atoms with Crippen molar-refractivity contribution in [3.63, 3.8) is 0 Å². The Morgan fingerprint density at radius 1 is 0.538 bits per heavy atom. The lowest BCUT2D eigenvalue weighted by atomic mass is 10.1. The number of fused-ring (bicyclic) bond motifs is 6. The van der Waals surface area contributed by atoms with E-state index in [0.717, 1.165) is 27.1 Å². The molecule has 0 aliphatic rings. The maximum atomic E-state index is 15.2. The molecule has 0 unspecified atom stereocenters. The van der Waals surface area contributed by atoms with Crippen molar-refractivity contribution < 1.29 is 13.2 Å². The van der Waals surface area contributed by atoms with E-state index >= 15 is 8.78 Å². The van der Waals surface area contributed by atoms with Gasteiger partial charge < -0.3 is 9.13 Å². The monoisotopic (exact) mass is 512 g/mol. The molecule has 2 heterocycles. The molecule has 0 fully saturated rings. The van der Waals surface area contributed by atoms with Gasteiger partial charge in [-0.15, -0.1) is 0 Å². The lowest BCUT2D eigenvalue weighted by Crippen LogP contribution is -2.03. The Labute approximate surface area is 219 Å². The van der Waals surface area contributed by atoms with E-state index in [0.29, 0.717) is 45.5 Å². The summed E-state index contributed by atoms with van der Waals surface area (Å²) in [4.78, 5) is 0. The number of halogens is 3. The molecule has 2 aromatic heterocycles. The van der Waals surface area contributed by atoms with E-state index < -0.39 is 17.5 Å². The summed E-state index contributed by atoms with van der Waals surface area (Å²) in [7, 11) is 0. The molecule has 184 valence electrons. The Bertz CT molecular complexity index is 2220. The predicted octanol–water partition coefficient (Wildman–Crippen LogP) is 8.04. The van der Waals surface area contributed by atoms with Crippen LogP contribution in [0.1, 0.15) is 11.1 Å². The number of para-hydroxylation sites is 2. The van der Waals surface area contributed by atoms with Crippen molar-refractivity contribution in [2.24, 2.45) is 0 Å². The molecule has 4 nitrogen and oxygen atoms in total. The summed E-state index contributed by atoms with van der Waals surface area (Å²) >= 11 is 0. The smallest absolute Gasteiger partial charge is 0.153 e. The van der Waals surface area contributed by atoms with Crippen LogP contribution in [0.4, 0.5) is 13.2 Å². The highest BCUT2D eigenvalue weighted by molar-refractivity contribution is 6.19. The first-order valence-corrected chi connectivity index (χ1v) is 12.1. The van der Waals surface area contributed by atoms with Gasteiger partial charge in [0.05, 0.1) is 45.0 Å². The van der Waals surface area contributed by atoms with Crippen LogP contribution in [-0.4, -0.2) is 9.13 Å². The summed E-state index contributed by atoms with van der Waals surface area (Å²) in [6, 6.07) is 29.3. The highest BCUT2D eigenvalue weighted by Gasteiger charge is 2.22. The van der Waals surface area contributed by atoms with Gasteiger partial charge in [0.25, 0.3) is 0 Å². The Morgan fingerprint density at radius 3 is 1.74 bits per heavy atom. The summed E-state index contributed by atoms with van der Waals surface area (Å²) in [5.74, 6) is -3.04. The Balaban J connectivity index is 1.69. The van der Waals surface area contributed by atoms with Gasteiger partial charge in [-0.1, -0.05) is 36.4 Å². The summed E-state index contributed by atoms with van der Waals surface area (Å²) in [5.41, 5.74) is 3.49. The third kappa shape index (κ3) is 3.17. The highest BCUT2D eigenvalue weighted by Crippen LogP contribution is 2.40. The molecule has 5 aromatic carbocycles. The van der Waals surface area contributed by atoms with E-state index in [9.17, 15) is 14.9 Å². The van der Waals surface area contributed by atoms with Gasteiger partial charge in [-0.3, -0.25) is 0 Å². The van der Waals surface area contributed by atoms with Gasteiger partial charge in [-0.25, -0.2) is 13.2 Å². The SMILES string of the molecule is N#Cc1ccc(-n2c3ccccc3c3cc4c5ccccc5n(-c5c(F)cc(F)cc5F)c4cc32)c(C#N)c1. The van der Waals surface area contributed by atoms with Crippen molar-refractivity contribution in [3.05, 3.63) is 120 Å². The molecular formula is C32H15F3N4. The molecule has 7 heteroatoms. The van der Waals surface area contributed by atoms with E-state index in [-0.39, 0.29) is 5.69 Å². The minimum atomic E-state index is -1.02. The van der Waals surface area contributed by atoms with Crippen molar-refractivity contribution in [2.75, 3.05) is 0 Å². The summed E-state index contributed by atoms with van der Waals surface area (Å²) < 4.78 is 47.5. The highest BCUT2D eigenvalue weighted by atomic mass is 19.1. The molecule has 0 atom stereocenters. The van der Waals surface area contributed by atoms with Crippen LogP contribution in [-0.2, 0) is 0 Å². The molecule has 0 aliphatic heterocycles. The molecule has 0 saturated heterocycles. The molecule has 0 spiro atoms. The second-order valence-corrected chi connectivity index (χ2v) is 9.27. The van der Waals surface area contributed by atoms with E-state index in [1.807, 2.05) is 53.1 Å². The Hall–Kier alpha value is -5.53. The molecule has 39 heavy (non-hydrogen) atoms. The Kier molecular flexibility index (Phi) is 4.79. The average molecular weight is 512 g/mol. The second kappa shape index (κ2) is 8.24. The summed E-state index contributed by atoms with van der Waals surface area (Å²) in [6.07, 6.45) is 0. The van der Waals surface area contributed by atoms with Crippen LogP contribution >= 0.6 is 0 Å². The van der Waals surface area contributed by atoms with Crippen LogP contribution in [0, 0.1) is 40.1 Å². The van der Waals surface area contributed by atoms with Gasteiger partial charge in [-0.2, -0.15) is 10.5 Å². The van der Waals surface area contributed by atoms with E-state index in [2.05, 4.69) is 12.1 Å². The van der Waals surface area contributed by atoms with Crippen LogP contribution in [0.25, 0.3) is 55.0 Å². The zero-order valence-corrected chi connectivity index (χ0v) is 20.1. The number of nitrogens with zero attached hydrogens (tertiary/aromatic N) is 4. The number of hydrogen-bond donors (Lipinski definition) is 0. The maximum absolute atomic E-state index is 15.2. The minimum absolute atomic E-state index is 0.313.